The van der Waals surface area contributed by atoms with E-state index in [1.54, 1.807) is 23.1 Å². The van der Waals surface area contributed by atoms with Crippen molar-refractivity contribution in [2.75, 3.05) is 36.7 Å². The quantitative estimate of drug-likeness (QED) is 0.569. The van der Waals surface area contributed by atoms with Crippen LogP contribution in [0.25, 0.3) is 0 Å². The van der Waals surface area contributed by atoms with Gasteiger partial charge in [0.1, 0.15) is 0 Å². The minimum atomic E-state index is 0.260. The molecule has 0 unspecified atom stereocenters. The standard InChI is InChI=1S/C16H23N3OS2/c1-12-15(22-16(18-12)19(2)3)11-17-13-5-7-14(8-6-13)21-10-4-9-20/h5-8,17,20H,4,9-11H2,1-3H3. The molecule has 22 heavy (non-hydrogen) atoms. The minimum absolute atomic E-state index is 0.260. The Labute approximate surface area is 140 Å². The summed E-state index contributed by atoms with van der Waals surface area (Å²) >= 11 is 3.50. The first-order chi connectivity index (χ1) is 10.6. The van der Waals surface area contributed by atoms with Crippen molar-refractivity contribution in [3.63, 3.8) is 0 Å². The van der Waals surface area contributed by atoms with Crippen LogP contribution in [0.3, 0.4) is 0 Å². The Morgan fingerprint density at radius 2 is 2.00 bits per heavy atom. The van der Waals surface area contributed by atoms with Gasteiger partial charge in [-0.2, -0.15) is 0 Å². The molecular weight excluding hydrogens is 314 g/mol. The summed E-state index contributed by atoms with van der Waals surface area (Å²) in [6.45, 7) is 3.12. The Bertz CT molecular complexity index is 582. The molecule has 0 saturated carbocycles. The van der Waals surface area contributed by atoms with Crippen LogP contribution >= 0.6 is 23.1 Å². The fraction of sp³-hybridized carbons (Fsp3) is 0.438. The molecule has 0 spiro atoms. The van der Waals surface area contributed by atoms with Crippen molar-refractivity contribution in [1.29, 1.82) is 0 Å². The van der Waals surface area contributed by atoms with Crippen LogP contribution in [0, 0.1) is 6.92 Å². The van der Waals surface area contributed by atoms with Gasteiger partial charge >= 0.3 is 0 Å². The SMILES string of the molecule is Cc1nc(N(C)C)sc1CNc1ccc(SCCCO)cc1. The first-order valence-corrected chi connectivity index (χ1v) is 9.11. The van der Waals surface area contributed by atoms with Gasteiger partial charge < -0.3 is 15.3 Å². The van der Waals surface area contributed by atoms with Crippen LogP contribution in [0.1, 0.15) is 17.0 Å². The van der Waals surface area contributed by atoms with Crippen molar-refractivity contribution in [3.8, 4) is 0 Å². The van der Waals surface area contributed by atoms with E-state index in [1.165, 1.54) is 9.77 Å². The number of anilines is 2. The molecule has 2 N–H and O–H groups in total. The van der Waals surface area contributed by atoms with Gasteiger partial charge in [-0.1, -0.05) is 11.3 Å². The van der Waals surface area contributed by atoms with E-state index in [4.69, 9.17) is 5.11 Å². The van der Waals surface area contributed by atoms with Crippen molar-refractivity contribution in [3.05, 3.63) is 34.8 Å². The van der Waals surface area contributed by atoms with E-state index in [0.29, 0.717) is 0 Å². The predicted octanol–water partition coefficient (Wildman–Crippen LogP) is 3.60. The van der Waals surface area contributed by atoms with Gasteiger partial charge in [-0.15, -0.1) is 11.8 Å². The lowest BCUT2D eigenvalue weighted by atomic mass is 10.3. The zero-order chi connectivity index (χ0) is 15.9. The molecule has 0 saturated heterocycles. The number of thioether (sulfide) groups is 1. The number of hydrogen-bond donors (Lipinski definition) is 2. The highest BCUT2D eigenvalue weighted by Gasteiger charge is 2.08. The average molecular weight is 338 g/mol. The lowest BCUT2D eigenvalue weighted by Crippen LogP contribution is -2.07. The Kier molecular flexibility index (Phi) is 6.54. The zero-order valence-electron chi connectivity index (χ0n) is 13.3. The Morgan fingerprint density at radius 3 is 2.59 bits per heavy atom. The van der Waals surface area contributed by atoms with E-state index in [2.05, 4.69) is 41.5 Å². The van der Waals surface area contributed by atoms with Crippen LogP contribution in [0.4, 0.5) is 10.8 Å². The summed E-state index contributed by atoms with van der Waals surface area (Å²) in [5.41, 5.74) is 2.21. The van der Waals surface area contributed by atoms with Crippen LogP contribution in [0.15, 0.2) is 29.2 Å². The van der Waals surface area contributed by atoms with Gasteiger partial charge in [0.05, 0.1) is 12.2 Å². The molecule has 1 aromatic carbocycles. The molecule has 120 valence electrons. The molecule has 0 bridgehead atoms. The van der Waals surface area contributed by atoms with E-state index in [9.17, 15) is 0 Å². The van der Waals surface area contributed by atoms with Gasteiger partial charge in [0.25, 0.3) is 0 Å². The van der Waals surface area contributed by atoms with Crippen LogP contribution in [0.5, 0.6) is 0 Å². The number of nitrogens with one attached hydrogen (secondary N) is 1. The van der Waals surface area contributed by atoms with E-state index < -0.39 is 0 Å². The summed E-state index contributed by atoms with van der Waals surface area (Å²) in [5.74, 6) is 0.955. The van der Waals surface area contributed by atoms with Gasteiger partial charge in [0.15, 0.2) is 5.13 Å². The van der Waals surface area contributed by atoms with Gasteiger partial charge in [0.2, 0.25) is 0 Å². The van der Waals surface area contributed by atoms with Crippen molar-refractivity contribution in [1.82, 2.24) is 4.98 Å². The number of nitrogens with zero attached hydrogens (tertiary/aromatic N) is 2. The third kappa shape index (κ3) is 4.90. The second-order valence-electron chi connectivity index (χ2n) is 5.20. The molecule has 2 rings (SSSR count). The van der Waals surface area contributed by atoms with Crippen molar-refractivity contribution in [2.24, 2.45) is 0 Å². The molecule has 0 radical (unpaired) electrons. The molecule has 1 aromatic heterocycles. The number of thiazole rings is 1. The van der Waals surface area contributed by atoms with Gasteiger partial charge in [-0.3, -0.25) is 0 Å². The van der Waals surface area contributed by atoms with Crippen LogP contribution in [0.2, 0.25) is 0 Å². The lowest BCUT2D eigenvalue weighted by Gasteiger charge is -2.07. The largest absolute Gasteiger partial charge is 0.396 e. The average Bonchev–Trinajstić information content (AvgIpc) is 2.88. The summed E-state index contributed by atoms with van der Waals surface area (Å²) in [5, 5.41) is 13.3. The number of benzene rings is 1. The smallest absolute Gasteiger partial charge is 0.185 e. The van der Waals surface area contributed by atoms with Crippen molar-refractivity contribution < 1.29 is 5.11 Å². The molecule has 2 aromatic rings. The maximum Gasteiger partial charge on any atom is 0.185 e. The molecule has 0 aliphatic carbocycles. The fourth-order valence-electron chi connectivity index (χ4n) is 1.87. The Balaban J connectivity index is 1.89. The molecule has 0 atom stereocenters. The number of hydrogen-bond acceptors (Lipinski definition) is 6. The zero-order valence-corrected chi connectivity index (χ0v) is 14.9. The number of rotatable bonds is 8. The second kappa shape index (κ2) is 8.41. The monoisotopic (exact) mass is 337 g/mol. The summed E-state index contributed by atoms with van der Waals surface area (Å²) in [6.07, 6.45) is 0.837. The number of aliphatic hydroxyl groups excluding tert-OH is 1. The van der Waals surface area contributed by atoms with E-state index in [1.807, 2.05) is 19.0 Å². The number of aryl methyl sites for hydroxylation is 1. The maximum atomic E-state index is 8.79. The highest BCUT2D eigenvalue weighted by molar-refractivity contribution is 7.99. The maximum absolute atomic E-state index is 8.79. The molecule has 6 heteroatoms. The third-order valence-corrected chi connectivity index (χ3v) is 5.57. The molecule has 0 aliphatic rings. The molecule has 0 fully saturated rings. The van der Waals surface area contributed by atoms with Crippen molar-refractivity contribution >= 4 is 33.9 Å². The molecular formula is C16H23N3OS2. The first kappa shape index (κ1) is 17.1. The summed E-state index contributed by atoms with van der Waals surface area (Å²) in [4.78, 5) is 9.11. The number of aromatic nitrogens is 1. The minimum Gasteiger partial charge on any atom is -0.396 e. The van der Waals surface area contributed by atoms with E-state index in [-0.39, 0.29) is 6.61 Å². The lowest BCUT2D eigenvalue weighted by molar-refractivity contribution is 0.296. The molecule has 4 nitrogen and oxygen atoms in total. The Hall–Kier alpha value is -1.24. The van der Waals surface area contributed by atoms with Crippen LogP contribution < -0.4 is 10.2 Å². The highest BCUT2D eigenvalue weighted by Crippen LogP contribution is 2.26. The number of aliphatic hydroxyl groups is 1. The van der Waals surface area contributed by atoms with Gasteiger partial charge in [-0.05, 0) is 37.6 Å². The topological polar surface area (TPSA) is 48.4 Å². The van der Waals surface area contributed by atoms with Crippen LogP contribution in [-0.2, 0) is 6.54 Å². The van der Waals surface area contributed by atoms with Gasteiger partial charge in [0, 0.05) is 41.9 Å². The molecule has 0 aliphatic heterocycles. The summed E-state index contributed by atoms with van der Waals surface area (Å²) in [6, 6.07) is 8.44. The normalized spacial score (nSPS) is 10.7. The summed E-state index contributed by atoms with van der Waals surface area (Å²) in [7, 11) is 4.03. The van der Waals surface area contributed by atoms with Gasteiger partial charge in [-0.25, -0.2) is 4.98 Å². The van der Waals surface area contributed by atoms with Crippen LogP contribution in [-0.4, -0.2) is 36.5 Å². The third-order valence-electron chi connectivity index (χ3n) is 3.14. The highest BCUT2D eigenvalue weighted by atomic mass is 32.2. The Morgan fingerprint density at radius 1 is 1.27 bits per heavy atom. The molecule has 0 amide bonds. The first-order valence-electron chi connectivity index (χ1n) is 7.31. The fourth-order valence-corrected chi connectivity index (χ4v) is 3.63. The van der Waals surface area contributed by atoms with E-state index in [0.717, 1.165) is 35.2 Å². The van der Waals surface area contributed by atoms with E-state index >= 15 is 0 Å². The van der Waals surface area contributed by atoms with Crippen molar-refractivity contribution in [2.45, 2.75) is 24.8 Å². The predicted molar refractivity (Wildman–Crippen MR) is 97.4 cm³/mol. The summed E-state index contributed by atoms with van der Waals surface area (Å²) < 4.78 is 0. The second-order valence-corrected chi connectivity index (χ2v) is 7.43. The molecule has 1 heterocycles.